The summed E-state index contributed by atoms with van der Waals surface area (Å²) >= 11 is 0. The van der Waals surface area contributed by atoms with Crippen LogP contribution in [0.2, 0.25) is 0 Å². The van der Waals surface area contributed by atoms with Crippen molar-refractivity contribution >= 4 is 22.7 Å². The Labute approximate surface area is 157 Å². The van der Waals surface area contributed by atoms with Gasteiger partial charge >= 0.3 is 0 Å². The first-order valence-corrected chi connectivity index (χ1v) is 9.53. The number of amides is 1. The normalized spacial score (nSPS) is 19.8. The first-order valence-electron chi connectivity index (χ1n) is 9.53. The zero-order valence-electron chi connectivity index (χ0n) is 15.0. The lowest BCUT2D eigenvalue weighted by Gasteiger charge is -2.16. The number of nitrogens with zero attached hydrogens (tertiary/aromatic N) is 3. The maximum Gasteiger partial charge on any atom is 0.223 e. The molecule has 0 spiro atoms. The van der Waals surface area contributed by atoms with Gasteiger partial charge in [-0.15, -0.1) is 0 Å². The van der Waals surface area contributed by atoms with Gasteiger partial charge in [0.15, 0.2) is 5.78 Å². The fraction of sp³-hybridized carbons (Fsp3) is 0.318. The largest absolute Gasteiger partial charge is 0.339 e. The number of rotatable bonds is 5. The summed E-state index contributed by atoms with van der Waals surface area (Å²) in [5.41, 5.74) is 2.53. The first kappa shape index (κ1) is 16.2. The molecule has 1 unspecified atom stereocenters. The van der Waals surface area contributed by atoms with Crippen LogP contribution in [0.15, 0.2) is 54.6 Å². The molecular formula is C22H21N3O2. The summed E-state index contributed by atoms with van der Waals surface area (Å²) in [4.78, 5) is 32.1. The number of para-hydroxylation sites is 2. The van der Waals surface area contributed by atoms with Crippen LogP contribution in [0.5, 0.6) is 0 Å². The minimum atomic E-state index is 0.0501. The fourth-order valence-electron chi connectivity index (χ4n) is 4.07. The summed E-state index contributed by atoms with van der Waals surface area (Å²) in [5, 5.41) is 0. The molecule has 1 amide bonds. The smallest absolute Gasteiger partial charge is 0.223 e. The molecule has 1 atom stereocenters. The number of carbonyl (C=O) groups is 2. The number of fused-ring (bicyclic) bond motifs is 1. The number of hydrogen-bond acceptors (Lipinski definition) is 3. The van der Waals surface area contributed by atoms with E-state index < -0.39 is 0 Å². The van der Waals surface area contributed by atoms with E-state index in [1.165, 1.54) is 0 Å². The number of carbonyl (C=O) groups excluding carboxylic acids is 2. The lowest BCUT2D eigenvalue weighted by Crippen LogP contribution is -2.27. The topological polar surface area (TPSA) is 55.2 Å². The van der Waals surface area contributed by atoms with Gasteiger partial charge in [-0.05, 0) is 25.0 Å². The third kappa shape index (κ3) is 2.93. The standard InChI is InChI=1S/C22H21N3O2/c26-20(15-6-2-1-3-7-15)14-25-19-9-5-4-8-18(19)23-22(25)16-12-21(27)24(13-16)17-10-11-17/h1-9,16-17H,10-14H2. The van der Waals surface area contributed by atoms with Crippen molar-refractivity contribution < 1.29 is 9.59 Å². The maximum atomic E-state index is 12.8. The van der Waals surface area contributed by atoms with Gasteiger partial charge in [-0.25, -0.2) is 4.98 Å². The molecule has 1 saturated carbocycles. The molecule has 136 valence electrons. The number of hydrogen-bond donors (Lipinski definition) is 0. The van der Waals surface area contributed by atoms with Gasteiger partial charge in [0.25, 0.3) is 0 Å². The van der Waals surface area contributed by atoms with Gasteiger partial charge in [-0.3, -0.25) is 9.59 Å². The van der Waals surface area contributed by atoms with Crippen molar-refractivity contribution in [1.29, 1.82) is 0 Å². The average Bonchev–Trinajstić information content (AvgIpc) is 3.38. The molecule has 5 nitrogen and oxygen atoms in total. The zero-order chi connectivity index (χ0) is 18.4. The molecule has 1 aliphatic heterocycles. The van der Waals surface area contributed by atoms with E-state index in [0.29, 0.717) is 24.6 Å². The third-order valence-corrected chi connectivity index (χ3v) is 5.59. The molecular weight excluding hydrogens is 338 g/mol. The number of aromatic nitrogens is 2. The Morgan fingerprint density at radius 1 is 1.04 bits per heavy atom. The second-order valence-corrected chi connectivity index (χ2v) is 7.51. The second kappa shape index (κ2) is 6.34. The SMILES string of the molecule is O=C(Cn1c(C2CC(=O)N(C3CC3)C2)nc2ccccc21)c1ccccc1. The predicted molar refractivity (Wildman–Crippen MR) is 103 cm³/mol. The summed E-state index contributed by atoms with van der Waals surface area (Å²) in [5.74, 6) is 1.19. The zero-order valence-corrected chi connectivity index (χ0v) is 15.0. The van der Waals surface area contributed by atoms with Crippen LogP contribution < -0.4 is 0 Å². The van der Waals surface area contributed by atoms with Gasteiger partial charge in [-0.2, -0.15) is 0 Å². The molecule has 2 aromatic carbocycles. The van der Waals surface area contributed by atoms with Crippen LogP contribution in [-0.4, -0.2) is 38.7 Å². The third-order valence-electron chi connectivity index (χ3n) is 5.59. The van der Waals surface area contributed by atoms with Crippen LogP contribution in [0.25, 0.3) is 11.0 Å². The molecule has 2 aliphatic rings. The average molecular weight is 359 g/mol. The van der Waals surface area contributed by atoms with Gasteiger partial charge in [0.1, 0.15) is 5.82 Å². The highest BCUT2D eigenvalue weighted by Crippen LogP contribution is 2.37. The van der Waals surface area contributed by atoms with Crippen molar-refractivity contribution in [2.75, 3.05) is 6.54 Å². The van der Waals surface area contributed by atoms with Crippen molar-refractivity contribution in [2.24, 2.45) is 0 Å². The number of likely N-dealkylation sites (tertiary alicyclic amines) is 1. The summed E-state index contributed by atoms with van der Waals surface area (Å²) in [6.07, 6.45) is 2.71. The van der Waals surface area contributed by atoms with E-state index in [-0.39, 0.29) is 24.2 Å². The van der Waals surface area contributed by atoms with E-state index >= 15 is 0 Å². The van der Waals surface area contributed by atoms with Gasteiger partial charge in [0, 0.05) is 30.5 Å². The molecule has 1 aromatic heterocycles. The maximum absolute atomic E-state index is 12.8. The molecule has 2 fully saturated rings. The van der Waals surface area contributed by atoms with Crippen molar-refractivity contribution in [3.05, 3.63) is 66.0 Å². The fourth-order valence-corrected chi connectivity index (χ4v) is 4.07. The highest BCUT2D eigenvalue weighted by atomic mass is 16.2. The molecule has 1 saturated heterocycles. The molecule has 2 heterocycles. The Morgan fingerprint density at radius 2 is 1.78 bits per heavy atom. The quantitative estimate of drug-likeness (QED) is 0.656. The Morgan fingerprint density at radius 3 is 2.56 bits per heavy atom. The Hall–Kier alpha value is -2.95. The highest BCUT2D eigenvalue weighted by Gasteiger charge is 2.41. The number of Topliss-reactive ketones (excluding diaryl/α,β-unsaturated/α-hetero) is 1. The summed E-state index contributed by atoms with van der Waals surface area (Å²) in [6, 6.07) is 17.7. The van der Waals surface area contributed by atoms with Crippen LogP contribution in [0, 0.1) is 0 Å². The van der Waals surface area contributed by atoms with E-state index in [2.05, 4.69) is 0 Å². The van der Waals surface area contributed by atoms with Crippen LogP contribution in [-0.2, 0) is 11.3 Å². The highest BCUT2D eigenvalue weighted by molar-refractivity contribution is 5.96. The Bertz CT molecular complexity index is 1020. The molecule has 0 radical (unpaired) electrons. The monoisotopic (exact) mass is 359 g/mol. The molecule has 0 bridgehead atoms. The minimum absolute atomic E-state index is 0.0501. The van der Waals surface area contributed by atoms with Gasteiger partial charge in [0.05, 0.1) is 17.6 Å². The Kier molecular flexibility index (Phi) is 3.81. The summed E-state index contributed by atoms with van der Waals surface area (Å²) in [6.45, 7) is 0.959. The van der Waals surface area contributed by atoms with Gasteiger partial charge in [-0.1, -0.05) is 42.5 Å². The van der Waals surface area contributed by atoms with Crippen molar-refractivity contribution in [2.45, 2.75) is 37.8 Å². The predicted octanol–water partition coefficient (Wildman–Crippen LogP) is 3.40. The van der Waals surface area contributed by atoms with Crippen LogP contribution >= 0.6 is 0 Å². The van der Waals surface area contributed by atoms with E-state index in [0.717, 1.165) is 29.7 Å². The molecule has 5 heteroatoms. The molecule has 3 aromatic rings. The van der Waals surface area contributed by atoms with Crippen LogP contribution in [0.1, 0.15) is 41.4 Å². The van der Waals surface area contributed by atoms with E-state index in [1.807, 2.05) is 64.1 Å². The molecule has 0 N–H and O–H groups in total. The van der Waals surface area contributed by atoms with E-state index in [1.54, 1.807) is 0 Å². The van der Waals surface area contributed by atoms with E-state index in [4.69, 9.17) is 4.98 Å². The second-order valence-electron chi connectivity index (χ2n) is 7.51. The van der Waals surface area contributed by atoms with Crippen LogP contribution in [0.3, 0.4) is 0 Å². The molecule has 27 heavy (non-hydrogen) atoms. The molecule has 5 rings (SSSR count). The van der Waals surface area contributed by atoms with Crippen molar-refractivity contribution in [1.82, 2.24) is 14.5 Å². The van der Waals surface area contributed by atoms with Gasteiger partial charge in [0.2, 0.25) is 5.91 Å². The van der Waals surface area contributed by atoms with Crippen LogP contribution in [0.4, 0.5) is 0 Å². The number of benzene rings is 2. The van der Waals surface area contributed by atoms with Gasteiger partial charge < -0.3 is 9.47 Å². The summed E-state index contributed by atoms with van der Waals surface area (Å²) in [7, 11) is 0. The number of ketones is 1. The van der Waals surface area contributed by atoms with Crippen molar-refractivity contribution in [3.8, 4) is 0 Å². The summed E-state index contributed by atoms with van der Waals surface area (Å²) < 4.78 is 2.01. The minimum Gasteiger partial charge on any atom is -0.339 e. The first-order chi connectivity index (χ1) is 13.2. The van der Waals surface area contributed by atoms with Crippen molar-refractivity contribution in [3.63, 3.8) is 0 Å². The van der Waals surface area contributed by atoms with E-state index in [9.17, 15) is 9.59 Å². The Balaban J connectivity index is 1.51. The molecule has 1 aliphatic carbocycles. The lowest BCUT2D eigenvalue weighted by molar-refractivity contribution is -0.128. The lowest BCUT2D eigenvalue weighted by atomic mass is 10.1. The number of imidazole rings is 1.